The van der Waals surface area contributed by atoms with Crippen LogP contribution < -0.4 is 10.5 Å². The lowest BCUT2D eigenvalue weighted by Gasteiger charge is -2.12. The molecular formula is C12H16FNO4S. The number of rotatable bonds is 6. The number of carbonyl (C=O) groups is 1. The van der Waals surface area contributed by atoms with E-state index in [9.17, 15) is 17.6 Å². The van der Waals surface area contributed by atoms with E-state index in [0.29, 0.717) is 0 Å². The van der Waals surface area contributed by atoms with Crippen molar-refractivity contribution in [3.8, 4) is 5.75 Å². The Balaban J connectivity index is 2.90. The Morgan fingerprint density at radius 2 is 2.11 bits per heavy atom. The first-order valence-electron chi connectivity index (χ1n) is 5.55. The van der Waals surface area contributed by atoms with Gasteiger partial charge in [0, 0.05) is 6.26 Å². The zero-order valence-electron chi connectivity index (χ0n) is 10.7. The van der Waals surface area contributed by atoms with Gasteiger partial charge in [0.15, 0.2) is 5.78 Å². The van der Waals surface area contributed by atoms with Crippen LogP contribution in [0.1, 0.15) is 16.8 Å². The molecule has 19 heavy (non-hydrogen) atoms. The maximum atomic E-state index is 13.1. The summed E-state index contributed by atoms with van der Waals surface area (Å²) in [5.41, 5.74) is 5.66. The molecule has 1 unspecified atom stereocenters. The van der Waals surface area contributed by atoms with E-state index in [0.717, 1.165) is 18.4 Å². The van der Waals surface area contributed by atoms with Gasteiger partial charge in [-0.25, -0.2) is 12.8 Å². The molecule has 1 aromatic carbocycles. The van der Waals surface area contributed by atoms with Gasteiger partial charge in [-0.05, 0) is 24.6 Å². The highest BCUT2D eigenvalue weighted by Gasteiger charge is 2.21. The summed E-state index contributed by atoms with van der Waals surface area (Å²) in [4.78, 5) is 12.0. The monoisotopic (exact) mass is 289 g/mol. The summed E-state index contributed by atoms with van der Waals surface area (Å²) in [5, 5.41) is 0. The van der Waals surface area contributed by atoms with E-state index < -0.39 is 27.5 Å². The molecule has 1 rings (SSSR count). The van der Waals surface area contributed by atoms with Crippen molar-refractivity contribution >= 4 is 15.6 Å². The molecule has 0 saturated carbocycles. The van der Waals surface area contributed by atoms with Gasteiger partial charge in [-0.2, -0.15) is 0 Å². The number of nitrogens with two attached hydrogens (primary N) is 1. The Bertz CT molecular complexity index is 571. The van der Waals surface area contributed by atoms with Gasteiger partial charge in [0.1, 0.15) is 21.4 Å². The Morgan fingerprint density at radius 1 is 1.47 bits per heavy atom. The highest BCUT2D eigenvalue weighted by atomic mass is 32.2. The normalized spacial score (nSPS) is 13.1. The average molecular weight is 289 g/mol. The van der Waals surface area contributed by atoms with E-state index in [1.54, 1.807) is 0 Å². The average Bonchev–Trinajstić information content (AvgIpc) is 2.34. The largest absolute Gasteiger partial charge is 0.496 e. The number of sulfone groups is 1. The van der Waals surface area contributed by atoms with Gasteiger partial charge in [-0.1, -0.05) is 0 Å². The van der Waals surface area contributed by atoms with Crippen molar-refractivity contribution in [2.75, 3.05) is 19.1 Å². The van der Waals surface area contributed by atoms with Crippen molar-refractivity contribution in [2.45, 2.75) is 12.5 Å². The smallest absolute Gasteiger partial charge is 0.183 e. The molecule has 5 nitrogen and oxygen atoms in total. The van der Waals surface area contributed by atoms with Gasteiger partial charge in [0.2, 0.25) is 0 Å². The molecule has 0 radical (unpaired) electrons. The number of ether oxygens (including phenoxy) is 1. The molecule has 0 amide bonds. The summed E-state index contributed by atoms with van der Waals surface area (Å²) in [6, 6.07) is 2.51. The lowest BCUT2D eigenvalue weighted by molar-refractivity contribution is 0.0956. The van der Waals surface area contributed by atoms with Crippen LogP contribution in [-0.4, -0.2) is 39.4 Å². The topological polar surface area (TPSA) is 86.5 Å². The quantitative estimate of drug-likeness (QED) is 0.782. The van der Waals surface area contributed by atoms with Crippen LogP contribution in [0.3, 0.4) is 0 Å². The number of hydrogen-bond acceptors (Lipinski definition) is 5. The van der Waals surface area contributed by atoms with Gasteiger partial charge in [0.25, 0.3) is 0 Å². The minimum Gasteiger partial charge on any atom is -0.496 e. The van der Waals surface area contributed by atoms with E-state index >= 15 is 0 Å². The number of halogens is 1. The first kappa shape index (κ1) is 15.6. The highest BCUT2D eigenvalue weighted by Crippen LogP contribution is 2.21. The first-order chi connectivity index (χ1) is 8.74. The molecule has 1 aromatic rings. The lowest BCUT2D eigenvalue weighted by atomic mass is 10.0. The predicted molar refractivity (Wildman–Crippen MR) is 69.6 cm³/mol. The SMILES string of the molecule is COc1ccc(F)cc1C(=O)C(N)CCS(C)(=O)=O. The molecule has 2 N–H and O–H groups in total. The van der Waals surface area contributed by atoms with Crippen molar-refractivity contribution in [1.82, 2.24) is 0 Å². The molecular weight excluding hydrogens is 273 g/mol. The van der Waals surface area contributed by atoms with Crippen LogP contribution >= 0.6 is 0 Å². The number of Topliss-reactive ketones (excluding diaryl/α,β-unsaturated/α-hetero) is 1. The van der Waals surface area contributed by atoms with E-state index in [4.69, 9.17) is 10.5 Å². The Kier molecular flexibility index (Phi) is 5.02. The predicted octanol–water partition coefficient (Wildman–Crippen LogP) is 0.779. The Morgan fingerprint density at radius 3 is 2.63 bits per heavy atom. The number of carbonyl (C=O) groups excluding carboxylic acids is 1. The zero-order chi connectivity index (χ0) is 14.6. The summed E-state index contributed by atoms with van der Waals surface area (Å²) >= 11 is 0. The number of ketones is 1. The van der Waals surface area contributed by atoms with Crippen molar-refractivity contribution < 1.29 is 22.3 Å². The number of hydrogen-bond donors (Lipinski definition) is 1. The summed E-state index contributed by atoms with van der Waals surface area (Å²) < 4.78 is 40.1. The van der Waals surface area contributed by atoms with Crippen LogP contribution in [0.2, 0.25) is 0 Å². The summed E-state index contributed by atoms with van der Waals surface area (Å²) in [6.07, 6.45) is 1.05. The second-order valence-corrected chi connectivity index (χ2v) is 6.49. The molecule has 0 fully saturated rings. The molecule has 0 bridgehead atoms. The van der Waals surface area contributed by atoms with Crippen LogP contribution in [0.5, 0.6) is 5.75 Å². The van der Waals surface area contributed by atoms with Crippen LogP contribution in [0, 0.1) is 5.82 Å². The van der Waals surface area contributed by atoms with Gasteiger partial charge in [-0.3, -0.25) is 4.79 Å². The Hall–Kier alpha value is -1.47. The molecule has 0 aliphatic rings. The molecule has 1 atom stereocenters. The summed E-state index contributed by atoms with van der Waals surface area (Å²) in [5.74, 6) is -1.11. The van der Waals surface area contributed by atoms with Crippen molar-refractivity contribution in [2.24, 2.45) is 5.73 Å². The standard InChI is InChI=1S/C12H16FNO4S/c1-18-11-4-3-8(13)7-9(11)12(15)10(14)5-6-19(2,16)17/h3-4,7,10H,5-6,14H2,1-2H3. The molecule has 0 saturated heterocycles. The molecule has 7 heteroatoms. The number of benzene rings is 1. The third-order valence-electron chi connectivity index (χ3n) is 2.56. The second kappa shape index (κ2) is 6.12. The minimum absolute atomic E-state index is 0.0165. The summed E-state index contributed by atoms with van der Waals surface area (Å²) in [6.45, 7) is 0. The van der Waals surface area contributed by atoms with E-state index in [1.165, 1.54) is 13.2 Å². The van der Waals surface area contributed by atoms with Crippen molar-refractivity contribution in [3.63, 3.8) is 0 Å². The third kappa shape index (κ3) is 4.60. The van der Waals surface area contributed by atoms with Crippen LogP contribution in [0.15, 0.2) is 18.2 Å². The second-order valence-electron chi connectivity index (χ2n) is 4.23. The molecule has 0 heterocycles. The van der Waals surface area contributed by atoms with E-state index in [-0.39, 0.29) is 23.5 Å². The van der Waals surface area contributed by atoms with Crippen molar-refractivity contribution in [1.29, 1.82) is 0 Å². The highest BCUT2D eigenvalue weighted by molar-refractivity contribution is 7.90. The molecule has 106 valence electrons. The van der Waals surface area contributed by atoms with Crippen LogP contribution in [0.4, 0.5) is 4.39 Å². The third-order valence-corrected chi connectivity index (χ3v) is 3.54. The van der Waals surface area contributed by atoms with Crippen molar-refractivity contribution in [3.05, 3.63) is 29.6 Å². The van der Waals surface area contributed by atoms with Crippen LogP contribution in [-0.2, 0) is 9.84 Å². The lowest BCUT2D eigenvalue weighted by Crippen LogP contribution is -2.32. The molecule has 0 aliphatic heterocycles. The summed E-state index contributed by atoms with van der Waals surface area (Å²) in [7, 11) is -1.84. The van der Waals surface area contributed by atoms with Crippen LogP contribution in [0.25, 0.3) is 0 Å². The van der Waals surface area contributed by atoms with Gasteiger partial charge >= 0.3 is 0 Å². The fourth-order valence-electron chi connectivity index (χ4n) is 1.54. The minimum atomic E-state index is -3.20. The zero-order valence-corrected chi connectivity index (χ0v) is 11.5. The van der Waals surface area contributed by atoms with E-state index in [1.807, 2.05) is 0 Å². The maximum absolute atomic E-state index is 13.1. The van der Waals surface area contributed by atoms with Gasteiger partial charge in [0.05, 0.1) is 24.5 Å². The van der Waals surface area contributed by atoms with Gasteiger partial charge < -0.3 is 10.5 Å². The molecule has 0 aromatic heterocycles. The first-order valence-corrected chi connectivity index (χ1v) is 7.61. The Labute approximate surface area is 111 Å². The number of methoxy groups -OCH3 is 1. The fraction of sp³-hybridized carbons (Fsp3) is 0.417. The van der Waals surface area contributed by atoms with Gasteiger partial charge in [-0.15, -0.1) is 0 Å². The fourth-order valence-corrected chi connectivity index (χ4v) is 2.23. The molecule has 0 spiro atoms. The molecule has 0 aliphatic carbocycles. The maximum Gasteiger partial charge on any atom is 0.183 e. The van der Waals surface area contributed by atoms with E-state index in [2.05, 4.69) is 0 Å².